The molecule has 0 radical (unpaired) electrons. The molecular weight excluding hydrogens is 592 g/mol. The maximum Gasteiger partial charge on any atom is 0.453 e. The van der Waals surface area contributed by atoms with Gasteiger partial charge in [0, 0.05) is 35.8 Å². The Bertz CT molecular complexity index is 1780. The lowest BCUT2D eigenvalue weighted by Gasteiger charge is -2.50. The summed E-state index contributed by atoms with van der Waals surface area (Å²) in [6.07, 6.45) is -5.90. The van der Waals surface area contributed by atoms with E-state index in [9.17, 15) is 36.2 Å². The summed E-state index contributed by atoms with van der Waals surface area (Å²) in [5, 5.41) is 13.4. The lowest BCUT2D eigenvalue weighted by molar-refractivity contribution is -0.155. The van der Waals surface area contributed by atoms with Crippen molar-refractivity contribution >= 4 is 28.6 Å². The quantitative estimate of drug-likeness (QED) is 0.227. The number of ether oxygens (including phenoxy) is 1. The minimum atomic E-state index is -4.94. The van der Waals surface area contributed by atoms with Crippen LogP contribution in [0, 0.1) is 5.41 Å². The average molecular weight is 618 g/mol. The summed E-state index contributed by atoms with van der Waals surface area (Å²) in [5.41, 5.74) is -0.747. The number of aromatic carboxylic acids is 1. The van der Waals surface area contributed by atoms with Gasteiger partial charge in [-0.2, -0.15) is 26.3 Å². The van der Waals surface area contributed by atoms with Crippen LogP contribution in [0.5, 0.6) is 5.75 Å². The Morgan fingerprint density at radius 3 is 2.36 bits per heavy atom. The smallest absolute Gasteiger partial charge is 0.453 e. The summed E-state index contributed by atoms with van der Waals surface area (Å²) >= 11 is 0. The highest BCUT2D eigenvalue weighted by atomic mass is 19.4. The third-order valence-electron chi connectivity index (χ3n) is 8.41. The number of piperidine rings is 1. The molecule has 2 aliphatic rings. The zero-order valence-corrected chi connectivity index (χ0v) is 23.2. The second-order valence-electron chi connectivity index (χ2n) is 11.2. The lowest BCUT2D eigenvalue weighted by atomic mass is 9.60. The predicted molar refractivity (Wildman–Crippen MR) is 148 cm³/mol. The summed E-state index contributed by atoms with van der Waals surface area (Å²) in [6, 6.07) is 11.2. The molecule has 6 rings (SSSR count). The lowest BCUT2D eigenvalue weighted by Crippen LogP contribution is -2.44. The van der Waals surface area contributed by atoms with E-state index in [0.717, 1.165) is 36.7 Å². The van der Waals surface area contributed by atoms with Crippen LogP contribution in [0.1, 0.15) is 53.1 Å². The molecule has 1 saturated carbocycles. The van der Waals surface area contributed by atoms with Crippen molar-refractivity contribution in [3.63, 3.8) is 0 Å². The van der Waals surface area contributed by atoms with Gasteiger partial charge in [-0.25, -0.2) is 9.78 Å². The number of fused-ring (bicyclic) bond motifs is 1. The molecular formula is C31H25F6N3O4. The molecule has 1 aliphatic carbocycles. The Hall–Kier alpha value is -4.55. The Morgan fingerprint density at radius 2 is 1.73 bits per heavy atom. The van der Waals surface area contributed by atoms with Crippen LogP contribution in [0.25, 0.3) is 28.2 Å². The van der Waals surface area contributed by atoms with Crippen molar-refractivity contribution in [3.8, 4) is 17.0 Å². The molecule has 2 fully saturated rings. The number of rotatable bonds is 5. The number of alkyl halides is 6. The number of nitrogens with zero attached hydrogens (tertiary/aromatic N) is 3. The van der Waals surface area contributed by atoms with Crippen molar-refractivity contribution < 1.29 is 45.5 Å². The number of hydrogen-bond donors (Lipinski definition) is 1. The van der Waals surface area contributed by atoms with E-state index in [0.29, 0.717) is 48.2 Å². The second kappa shape index (κ2) is 10.6. The topological polar surface area (TPSA) is 88.7 Å². The van der Waals surface area contributed by atoms with Crippen LogP contribution in [-0.2, 0) is 12.4 Å². The minimum Gasteiger partial charge on any atom is -0.496 e. The number of aromatic nitrogens is 2. The van der Waals surface area contributed by atoms with Crippen LogP contribution in [0.15, 0.2) is 58.6 Å². The molecule has 1 aliphatic heterocycles. The van der Waals surface area contributed by atoms with Crippen LogP contribution in [0.2, 0.25) is 0 Å². The van der Waals surface area contributed by atoms with Crippen molar-refractivity contribution in [1.82, 2.24) is 10.1 Å². The van der Waals surface area contributed by atoms with E-state index in [1.807, 2.05) is 12.1 Å². The minimum absolute atomic E-state index is 0.124. The van der Waals surface area contributed by atoms with Gasteiger partial charge in [0.1, 0.15) is 11.4 Å². The van der Waals surface area contributed by atoms with Crippen molar-refractivity contribution in [1.29, 1.82) is 0 Å². The van der Waals surface area contributed by atoms with Gasteiger partial charge in [0.05, 0.1) is 23.8 Å². The highest BCUT2D eigenvalue weighted by Crippen LogP contribution is 2.54. The number of anilines is 1. The van der Waals surface area contributed by atoms with E-state index in [1.54, 1.807) is 6.07 Å². The first-order chi connectivity index (χ1) is 20.8. The molecule has 1 spiro atoms. The van der Waals surface area contributed by atoms with E-state index in [-0.39, 0.29) is 11.1 Å². The van der Waals surface area contributed by atoms with Crippen LogP contribution in [-0.4, -0.2) is 41.4 Å². The zero-order valence-electron chi connectivity index (χ0n) is 23.2. The normalized spacial score (nSPS) is 16.7. The van der Waals surface area contributed by atoms with Gasteiger partial charge in [-0.3, -0.25) is 0 Å². The summed E-state index contributed by atoms with van der Waals surface area (Å²) < 4.78 is 92.4. The van der Waals surface area contributed by atoms with Gasteiger partial charge in [-0.1, -0.05) is 28.9 Å². The average Bonchev–Trinajstić information content (AvgIpc) is 3.39. The van der Waals surface area contributed by atoms with Crippen LogP contribution in [0.4, 0.5) is 32.0 Å². The summed E-state index contributed by atoms with van der Waals surface area (Å²) in [4.78, 5) is 17.7. The molecule has 230 valence electrons. The Morgan fingerprint density at radius 1 is 1.02 bits per heavy atom. The fourth-order valence-electron chi connectivity index (χ4n) is 6.24. The van der Waals surface area contributed by atoms with E-state index in [2.05, 4.69) is 19.6 Å². The molecule has 0 amide bonds. The zero-order chi connectivity index (χ0) is 31.4. The number of carboxylic acid groups (broad SMARTS) is 1. The van der Waals surface area contributed by atoms with Gasteiger partial charge >= 0.3 is 18.3 Å². The van der Waals surface area contributed by atoms with Crippen LogP contribution >= 0.6 is 0 Å². The number of carbonyl (C=O) groups is 1. The molecule has 0 bridgehead atoms. The second-order valence-corrected chi connectivity index (χ2v) is 11.2. The maximum atomic E-state index is 13.8. The number of allylic oxidation sites excluding steroid dienone is 1. The number of pyridine rings is 1. The first-order valence-electron chi connectivity index (χ1n) is 13.7. The van der Waals surface area contributed by atoms with Gasteiger partial charge in [0.2, 0.25) is 5.76 Å². The highest BCUT2D eigenvalue weighted by molar-refractivity contribution is 5.94. The third-order valence-corrected chi connectivity index (χ3v) is 8.41. The first kappa shape index (κ1) is 29.5. The first-order valence-corrected chi connectivity index (χ1v) is 13.7. The molecule has 1 N–H and O–H groups in total. The molecule has 4 aromatic rings. The number of carboxylic acids is 1. The van der Waals surface area contributed by atoms with Gasteiger partial charge in [0.25, 0.3) is 0 Å². The van der Waals surface area contributed by atoms with Gasteiger partial charge < -0.3 is 19.3 Å². The van der Waals surface area contributed by atoms with Crippen molar-refractivity contribution in [2.24, 2.45) is 5.41 Å². The monoisotopic (exact) mass is 617 g/mol. The van der Waals surface area contributed by atoms with Gasteiger partial charge in [-0.05, 0) is 61.4 Å². The number of halogens is 6. The maximum absolute atomic E-state index is 13.8. The van der Waals surface area contributed by atoms with E-state index >= 15 is 0 Å². The van der Waals surface area contributed by atoms with Gasteiger partial charge in [-0.15, -0.1) is 0 Å². The Labute approximate surface area is 246 Å². The van der Waals surface area contributed by atoms with E-state index in [4.69, 9.17) is 4.74 Å². The molecule has 2 aromatic carbocycles. The van der Waals surface area contributed by atoms with Crippen LogP contribution in [0.3, 0.4) is 0 Å². The summed E-state index contributed by atoms with van der Waals surface area (Å²) in [5.74, 6) is -2.20. The largest absolute Gasteiger partial charge is 0.496 e. The summed E-state index contributed by atoms with van der Waals surface area (Å²) in [6.45, 7) is 1.35. The molecule has 1 saturated heterocycles. The van der Waals surface area contributed by atoms with Crippen molar-refractivity contribution in [2.75, 3.05) is 25.1 Å². The fourth-order valence-corrected chi connectivity index (χ4v) is 6.24. The number of benzene rings is 2. The van der Waals surface area contributed by atoms with E-state index < -0.39 is 46.5 Å². The molecule has 0 unspecified atom stereocenters. The van der Waals surface area contributed by atoms with Crippen molar-refractivity contribution in [2.45, 2.75) is 38.0 Å². The third kappa shape index (κ3) is 5.35. The molecule has 7 nitrogen and oxygen atoms in total. The predicted octanol–water partition coefficient (Wildman–Crippen LogP) is 8.10. The van der Waals surface area contributed by atoms with Gasteiger partial charge in [0.15, 0.2) is 5.69 Å². The molecule has 0 atom stereocenters. The molecule has 13 heteroatoms. The number of hydrogen-bond acceptors (Lipinski definition) is 6. The Kier molecular flexibility index (Phi) is 7.09. The molecule has 44 heavy (non-hydrogen) atoms. The summed E-state index contributed by atoms with van der Waals surface area (Å²) in [7, 11) is 1.45. The molecule has 3 heterocycles. The van der Waals surface area contributed by atoms with E-state index in [1.165, 1.54) is 25.3 Å². The van der Waals surface area contributed by atoms with Crippen LogP contribution < -0.4 is 9.64 Å². The number of methoxy groups -OCH3 is 1. The van der Waals surface area contributed by atoms with Crippen molar-refractivity contribution in [3.05, 3.63) is 76.7 Å². The molecule has 2 aromatic heterocycles. The fraction of sp³-hybridized carbons (Fsp3) is 0.323. The highest BCUT2D eigenvalue weighted by Gasteiger charge is 2.45. The standard InChI is InChI=1S/C31H25F6N3O4/c1-43-25-14-24(28(41)42)38-23-7-6-18(13-20(23)25)40-10-8-29(9-11-40)15-17(16-29)12-21-26(39-44-27(21)31(35,36)37)19-4-2-3-5-22(19)30(32,33)34/h2-7,12-14H,8-11,15-16H2,1H3,(H,41,42). The SMILES string of the molecule is COc1cc(C(=O)O)nc2ccc(N3CCC4(CC3)CC(=Cc3c(-c5ccccc5C(F)(F)F)noc3C(F)(F)F)C4)cc12. The Balaban J connectivity index is 1.22.